The molecule has 0 saturated carbocycles. The number of fused-ring (bicyclic) bond motifs is 3. The Bertz CT molecular complexity index is 1270. The number of alkyl halides is 2. The second-order valence-corrected chi connectivity index (χ2v) is 11.1. The van der Waals surface area contributed by atoms with E-state index in [1.807, 2.05) is 31.2 Å². The van der Waals surface area contributed by atoms with Crippen molar-refractivity contribution in [3.63, 3.8) is 0 Å². The van der Waals surface area contributed by atoms with E-state index in [4.69, 9.17) is 0 Å². The molecule has 3 atom stereocenters. The maximum Gasteiger partial charge on any atom is 0.251 e. The van der Waals surface area contributed by atoms with Gasteiger partial charge in [0.25, 0.3) is 6.43 Å². The average molecular weight is 501 g/mol. The largest absolute Gasteiger partial charge is 0.371 e. The van der Waals surface area contributed by atoms with Crippen molar-refractivity contribution in [2.45, 2.75) is 44.7 Å². The molecule has 2 saturated heterocycles. The van der Waals surface area contributed by atoms with Gasteiger partial charge in [-0.1, -0.05) is 18.2 Å². The standard InChI is InChI=1S/C28H32F4N4/c1-17-11-20-19-5-3-4-6-23(19)33-26(20)27(36(17)14-24(31)32)25-21(29)12-18(13-22(25)30)35-10-8-28(16-35)7-9-34(2)15-28/h3-6,12-13,17,24,27,33H,7-11,14-16H2,1-2H3/t17-,27-,28?/m1/s1. The highest BCUT2D eigenvalue weighted by atomic mass is 19.3. The number of nitrogens with one attached hydrogen (secondary N) is 1. The molecule has 1 spiro atoms. The van der Waals surface area contributed by atoms with Crippen LogP contribution in [0.15, 0.2) is 36.4 Å². The molecule has 3 aliphatic heterocycles. The normalized spacial score (nSPS) is 27.1. The van der Waals surface area contributed by atoms with Crippen LogP contribution in [0.5, 0.6) is 0 Å². The van der Waals surface area contributed by atoms with E-state index >= 15 is 8.78 Å². The fourth-order valence-electron chi connectivity index (χ4n) is 6.92. The molecule has 4 heterocycles. The third-order valence-corrected chi connectivity index (χ3v) is 8.64. The molecular weight excluding hydrogens is 468 g/mol. The van der Waals surface area contributed by atoms with Crippen LogP contribution in [-0.2, 0) is 6.42 Å². The summed E-state index contributed by atoms with van der Waals surface area (Å²) in [5.41, 5.74) is 2.94. The van der Waals surface area contributed by atoms with Crippen molar-refractivity contribution < 1.29 is 17.6 Å². The Balaban J connectivity index is 1.41. The van der Waals surface area contributed by atoms with Crippen LogP contribution in [-0.4, -0.2) is 67.0 Å². The Morgan fingerprint density at radius 3 is 2.47 bits per heavy atom. The van der Waals surface area contributed by atoms with Crippen molar-refractivity contribution in [1.82, 2.24) is 14.8 Å². The molecule has 8 heteroatoms. The van der Waals surface area contributed by atoms with E-state index in [0.29, 0.717) is 17.8 Å². The van der Waals surface area contributed by atoms with Gasteiger partial charge in [0.1, 0.15) is 11.6 Å². The first kappa shape index (κ1) is 23.8. The molecule has 3 aromatic rings. The summed E-state index contributed by atoms with van der Waals surface area (Å²) in [4.78, 5) is 9.25. The Morgan fingerprint density at radius 2 is 1.78 bits per heavy atom. The van der Waals surface area contributed by atoms with Gasteiger partial charge in [-0.2, -0.15) is 0 Å². The molecule has 1 aromatic heterocycles. The van der Waals surface area contributed by atoms with E-state index in [2.05, 4.69) is 21.8 Å². The number of H-pyrrole nitrogens is 1. The lowest BCUT2D eigenvalue weighted by atomic mass is 9.86. The lowest BCUT2D eigenvalue weighted by Crippen LogP contribution is -2.45. The number of anilines is 1. The van der Waals surface area contributed by atoms with Crippen LogP contribution in [0, 0.1) is 17.0 Å². The highest BCUT2D eigenvalue weighted by molar-refractivity contribution is 5.85. The molecule has 4 nitrogen and oxygen atoms in total. The Labute approximate surface area is 208 Å². The molecular formula is C28H32F4N4. The SMILES string of the molecule is C[C@@H]1Cc2c([nH]c3ccccc23)[C@@H](c2c(F)cc(N3CCC4(CCN(C)C4)C3)cc2F)N1CC(F)F. The number of para-hydroxylation sites is 1. The van der Waals surface area contributed by atoms with Crippen LogP contribution >= 0.6 is 0 Å². The zero-order valence-corrected chi connectivity index (χ0v) is 20.7. The molecule has 0 aliphatic carbocycles. The number of nitrogens with zero attached hydrogens (tertiary/aromatic N) is 3. The minimum absolute atomic E-state index is 0.159. The Kier molecular flexibility index (Phi) is 5.80. The summed E-state index contributed by atoms with van der Waals surface area (Å²) >= 11 is 0. The maximum absolute atomic E-state index is 15.9. The zero-order chi connectivity index (χ0) is 25.2. The number of hydrogen-bond acceptors (Lipinski definition) is 3. The zero-order valence-electron chi connectivity index (χ0n) is 20.7. The van der Waals surface area contributed by atoms with Crippen molar-refractivity contribution in [3.05, 3.63) is 64.9 Å². The maximum atomic E-state index is 15.9. The third-order valence-electron chi connectivity index (χ3n) is 8.64. The topological polar surface area (TPSA) is 25.5 Å². The second kappa shape index (κ2) is 8.77. The van der Waals surface area contributed by atoms with Gasteiger partial charge in [0, 0.05) is 58.9 Å². The van der Waals surface area contributed by atoms with E-state index in [9.17, 15) is 8.78 Å². The number of aromatic amines is 1. The average Bonchev–Trinajstić information content (AvgIpc) is 3.52. The van der Waals surface area contributed by atoms with E-state index in [1.54, 1.807) is 4.90 Å². The summed E-state index contributed by atoms with van der Waals surface area (Å²) in [6.07, 6.45) is 0.0167. The first-order valence-electron chi connectivity index (χ1n) is 12.8. The molecule has 0 radical (unpaired) electrons. The highest BCUT2D eigenvalue weighted by Gasteiger charge is 2.43. The van der Waals surface area contributed by atoms with Crippen LogP contribution < -0.4 is 4.90 Å². The van der Waals surface area contributed by atoms with Crippen molar-refractivity contribution in [2.24, 2.45) is 5.41 Å². The molecule has 3 aliphatic rings. The van der Waals surface area contributed by atoms with Crippen LogP contribution in [0.25, 0.3) is 10.9 Å². The van der Waals surface area contributed by atoms with Gasteiger partial charge in [-0.05, 0) is 63.5 Å². The number of rotatable bonds is 4. The van der Waals surface area contributed by atoms with Gasteiger partial charge in [0.05, 0.1) is 12.6 Å². The lowest BCUT2D eigenvalue weighted by molar-refractivity contribution is 0.0438. The number of aromatic nitrogens is 1. The summed E-state index contributed by atoms with van der Waals surface area (Å²) in [7, 11) is 2.11. The fraction of sp³-hybridized carbons (Fsp3) is 0.500. The number of benzene rings is 2. The van der Waals surface area contributed by atoms with Crippen LogP contribution in [0.4, 0.5) is 23.2 Å². The van der Waals surface area contributed by atoms with Crippen LogP contribution in [0.3, 0.4) is 0 Å². The van der Waals surface area contributed by atoms with Gasteiger partial charge in [0.2, 0.25) is 0 Å². The van der Waals surface area contributed by atoms with Gasteiger partial charge in [0.15, 0.2) is 0 Å². The predicted molar refractivity (Wildman–Crippen MR) is 134 cm³/mol. The minimum Gasteiger partial charge on any atom is -0.371 e. The van der Waals surface area contributed by atoms with Crippen LogP contribution in [0.2, 0.25) is 0 Å². The smallest absolute Gasteiger partial charge is 0.251 e. The number of likely N-dealkylation sites (tertiary alicyclic amines) is 1. The second-order valence-electron chi connectivity index (χ2n) is 11.1. The molecule has 6 rings (SSSR count). The number of halogens is 4. The van der Waals surface area contributed by atoms with E-state index in [1.165, 1.54) is 12.1 Å². The van der Waals surface area contributed by atoms with E-state index in [0.717, 1.165) is 55.5 Å². The summed E-state index contributed by atoms with van der Waals surface area (Å²) in [6, 6.07) is 9.24. The molecule has 2 fully saturated rings. The third kappa shape index (κ3) is 3.89. The Morgan fingerprint density at radius 1 is 1.06 bits per heavy atom. The molecule has 192 valence electrons. The minimum atomic E-state index is -2.61. The first-order valence-corrected chi connectivity index (χ1v) is 12.8. The van der Waals surface area contributed by atoms with Gasteiger partial charge in [-0.3, -0.25) is 4.90 Å². The molecule has 36 heavy (non-hydrogen) atoms. The van der Waals surface area contributed by atoms with Gasteiger partial charge < -0.3 is 14.8 Å². The van der Waals surface area contributed by atoms with E-state index < -0.39 is 30.6 Å². The fourth-order valence-corrected chi connectivity index (χ4v) is 6.92. The Hall–Kier alpha value is -2.58. The van der Waals surface area contributed by atoms with Gasteiger partial charge in [-0.15, -0.1) is 0 Å². The van der Waals surface area contributed by atoms with Gasteiger partial charge >= 0.3 is 0 Å². The van der Waals surface area contributed by atoms with E-state index in [-0.39, 0.29) is 17.0 Å². The van der Waals surface area contributed by atoms with Crippen molar-refractivity contribution in [3.8, 4) is 0 Å². The van der Waals surface area contributed by atoms with Gasteiger partial charge in [-0.25, -0.2) is 17.6 Å². The molecule has 1 unspecified atom stereocenters. The van der Waals surface area contributed by atoms with Crippen LogP contribution in [0.1, 0.15) is 42.6 Å². The summed E-state index contributed by atoms with van der Waals surface area (Å²) < 4.78 is 59.0. The van der Waals surface area contributed by atoms with Crippen molar-refractivity contribution >= 4 is 16.6 Å². The monoisotopic (exact) mass is 500 g/mol. The summed E-state index contributed by atoms with van der Waals surface area (Å²) in [5.74, 6) is -1.37. The predicted octanol–water partition coefficient (Wildman–Crippen LogP) is 5.58. The first-order chi connectivity index (χ1) is 17.2. The highest BCUT2D eigenvalue weighted by Crippen LogP contribution is 2.45. The summed E-state index contributed by atoms with van der Waals surface area (Å²) in [6.45, 7) is 4.88. The van der Waals surface area contributed by atoms with Crippen molar-refractivity contribution in [2.75, 3.05) is 44.7 Å². The van der Waals surface area contributed by atoms with Crippen molar-refractivity contribution in [1.29, 1.82) is 0 Å². The molecule has 2 aromatic carbocycles. The lowest BCUT2D eigenvalue weighted by Gasteiger charge is -2.41. The summed E-state index contributed by atoms with van der Waals surface area (Å²) in [5, 5.41) is 0.974. The molecule has 0 bridgehead atoms. The number of hydrogen-bond donors (Lipinski definition) is 1. The molecule has 1 N–H and O–H groups in total. The molecule has 0 amide bonds. The quantitative estimate of drug-likeness (QED) is 0.474.